The van der Waals surface area contributed by atoms with E-state index in [1.54, 1.807) is 0 Å². The number of hydrogen-bond acceptors (Lipinski definition) is 11. The summed E-state index contributed by atoms with van der Waals surface area (Å²) < 4.78 is 65.3. The molecule has 0 unspecified atom stereocenters. The van der Waals surface area contributed by atoms with Crippen molar-refractivity contribution in [3.63, 3.8) is 0 Å². The summed E-state index contributed by atoms with van der Waals surface area (Å²) in [5.41, 5.74) is 3.14. The predicted molar refractivity (Wildman–Crippen MR) is 114 cm³/mol. The van der Waals surface area contributed by atoms with E-state index >= 15 is 0 Å². The van der Waals surface area contributed by atoms with Gasteiger partial charge >= 0.3 is 5.69 Å². The van der Waals surface area contributed by atoms with Gasteiger partial charge in [0, 0.05) is 11.5 Å². The molecule has 0 heterocycles. The Balaban J connectivity index is 2.34. The quantitative estimate of drug-likeness (QED) is 0.108. The molecule has 3 aromatic carbocycles. The molecule has 0 saturated carbocycles. The van der Waals surface area contributed by atoms with Crippen LogP contribution in [0, 0.1) is 10.1 Å². The summed E-state index contributed by atoms with van der Waals surface area (Å²) in [6.07, 6.45) is 0. The average molecular weight is 519 g/mol. The van der Waals surface area contributed by atoms with Crippen molar-refractivity contribution in [1.82, 2.24) is 0 Å². The van der Waals surface area contributed by atoms with Gasteiger partial charge in [-0.05, 0) is 29.7 Å². The van der Waals surface area contributed by atoms with Gasteiger partial charge in [-0.2, -0.15) is 16.8 Å². The Hall–Kier alpha value is -3.57. The third-order valence-corrected chi connectivity index (χ3v) is 6.27. The number of azo groups is 1. The van der Waals surface area contributed by atoms with E-state index in [1.807, 2.05) is 0 Å². The lowest BCUT2D eigenvalue weighted by Gasteiger charge is -2.12. The van der Waals surface area contributed by atoms with Crippen LogP contribution in [0.1, 0.15) is 0 Å². The van der Waals surface area contributed by atoms with Gasteiger partial charge in [-0.3, -0.25) is 19.2 Å². The lowest BCUT2D eigenvalue weighted by Crippen LogP contribution is -2.03. The van der Waals surface area contributed by atoms with E-state index in [-0.39, 0.29) is 10.8 Å². The Bertz CT molecular complexity index is 1590. The maximum absolute atomic E-state index is 11.9. The lowest BCUT2D eigenvalue weighted by molar-refractivity contribution is -0.385. The van der Waals surface area contributed by atoms with E-state index in [0.29, 0.717) is 12.1 Å². The number of nitrogens with two attached hydrogens (primary N) is 1. The first kappa shape index (κ1) is 24.1. The Kier molecular flexibility index (Phi) is 5.90. The van der Waals surface area contributed by atoms with Crippen molar-refractivity contribution in [3.8, 4) is 11.5 Å². The van der Waals surface area contributed by atoms with Gasteiger partial charge in [-0.25, -0.2) is 0 Å². The first-order chi connectivity index (χ1) is 15.1. The number of benzene rings is 3. The lowest BCUT2D eigenvalue weighted by atomic mass is 10.1. The number of nitrogens with zero attached hydrogens (tertiary/aromatic N) is 3. The van der Waals surface area contributed by atoms with E-state index in [2.05, 4.69) is 10.2 Å². The number of fused-ring (bicyclic) bond motifs is 1. The summed E-state index contributed by atoms with van der Waals surface area (Å²) in [4.78, 5) is 8.30. The second kappa shape index (κ2) is 8.09. The van der Waals surface area contributed by atoms with Crippen molar-refractivity contribution in [2.75, 3.05) is 5.73 Å². The number of nitro groups is 1. The van der Waals surface area contributed by atoms with Crippen molar-refractivity contribution in [1.29, 1.82) is 0 Å². The van der Waals surface area contributed by atoms with Crippen LogP contribution in [0.3, 0.4) is 0 Å². The van der Waals surface area contributed by atoms with Crippen molar-refractivity contribution in [2.45, 2.75) is 9.79 Å². The van der Waals surface area contributed by atoms with E-state index in [1.165, 1.54) is 0 Å². The molecule has 14 nitrogen and oxygen atoms in total. The Morgan fingerprint density at radius 1 is 1.00 bits per heavy atom. The van der Waals surface area contributed by atoms with Crippen LogP contribution in [0.15, 0.2) is 50.4 Å². The van der Waals surface area contributed by atoms with Gasteiger partial charge in [-0.15, -0.1) is 10.2 Å². The molecule has 0 fully saturated rings. The van der Waals surface area contributed by atoms with Gasteiger partial charge in [0.05, 0.1) is 15.5 Å². The smallest absolute Gasteiger partial charge is 0.331 e. The van der Waals surface area contributed by atoms with Crippen LogP contribution in [0.4, 0.5) is 22.7 Å². The standard InChI is InChI=1S/C16H11ClN4O10S2/c17-8-1-2-9(16(23)15(8)21(24)25)19-20-14-11(33(29,30)31)4-6-3-7(32(26,27)28)5-10(22)12(6)13(14)18/h1-5,22-23H,18H2,(H,26,27,28)(H,29,30,31). The van der Waals surface area contributed by atoms with E-state index in [0.717, 1.165) is 18.2 Å². The molecule has 0 radical (unpaired) electrons. The highest BCUT2D eigenvalue weighted by molar-refractivity contribution is 7.86. The molecule has 0 saturated heterocycles. The van der Waals surface area contributed by atoms with Crippen molar-refractivity contribution < 1.29 is 41.1 Å². The SMILES string of the molecule is Nc1c(N=Nc2ccc(Cl)c([N+](=O)[O-])c2O)c(S(=O)(=O)O)cc2cc(S(=O)(=O)O)cc(O)c12. The van der Waals surface area contributed by atoms with Crippen LogP contribution in [-0.4, -0.2) is 41.1 Å². The number of hydrogen-bond donors (Lipinski definition) is 5. The monoisotopic (exact) mass is 518 g/mol. The Morgan fingerprint density at radius 2 is 1.64 bits per heavy atom. The van der Waals surface area contributed by atoms with Gasteiger partial charge in [-0.1, -0.05) is 11.6 Å². The van der Waals surface area contributed by atoms with Crippen LogP contribution in [-0.2, 0) is 20.2 Å². The average Bonchev–Trinajstić information content (AvgIpc) is 2.66. The van der Waals surface area contributed by atoms with Crippen LogP contribution >= 0.6 is 11.6 Å². The highest BCUT2D eigenvalue weighted by Gasteiger charge is 2.25. The van der Waals surface area contributed by atoms with Crippen LogP contribution in [0.2, 0.25) is 5.02 Å². The summed E-state index contributed by atoms with van der Waals surface area (Å²) >= 11 is 5.66. The molecule has 0 aliphatic rings. The van der Waals surface area contributed by atoms with Gasteiger partial charge in [0.15, 0.2) is 0 Å². The molecule has 174 valence electrons. The van der Waals surface area contributed by atoms with Crippen molar-refractivity contribution >= 4 is 65.4 Å². The molecule has 3 aromatic rings. The third kappa shape index (κ3) is 4.50. The van der Waals surface area contributed by atoms with E-state index < -0.39 is 74.2 Å². The van der Waals surface area contributed by atoms with Gasteiger partial charge in [0.25, 0.3) is 20.2 Å². The zero-order valence-corrected chi connectivity index (χ0v) is 18.1. The molecule has 0 aliphatic carbocycles. The molecule has 0 bridgehead atoms. The van der Waals surface area contributed by atoms with Crippen LogP contribution < -0.4 is 5.73 Å². The minimum atomic E-state index is -5.07. The van der Waals surface area contributed by atoms with Gasteiger partial charge in [0.2, 0.25) is 5.75 Å². The van der Waals surface area contributed by atoms with Gasteiger partial charge < -0.3 is 15.9 Å². The normalized spacial score (nSPS) is 12.5. The largest absolute Gasteiger partial charge is 0.507 e. The first-order valence-electron chi connectivity index (χ1n) is 8.24. The predicted octanol–water partition coefficient (Wildman–Crippen LogP) is 3.30. The zero-order valence-electron chi connectivity index (χ0n) is 15.7. The number of aromatic hydroxyl groups is 2. The molecule has 0 aliphatic heterocycles. The third-order valence-electron chi connectivity index (χ3n) is 4.26. The number of nitro benzene ring substituents is 1. The maximum Gasteiger partial charge on any atom is 0.331 e. The molecule has 6 N–H and O–H groups in total. The molecule has 17 heteroatoms. The summed E-state index contributed by atoms with van der Waals surface area (Å²) in [5, 5.41) is 37.3. The Labute approximate surface area is 189 Å². The first-order valence-corrected chi connectivity index (χ1v) is 11.5. The number of halogens is 1. The van der Waals surface area contributed by atoms with Crippen LogP contribution in [0.5, 0.6) is 11.5 Å². The minimum Gasteiger partial charge on any atom is -0.507 e. The molecular formula is C16H11ClN4O10S2. The number of phenols is 2. The van der Waals surface area contributed by atoms with Crippen molar-refractivity contribution in [2.24, 2.45) is 10.2 Å². The molecule has 3 rings (SSSR count). The highest BCUT2D eigenvalue weighted by Crippen LogP contribution is 2.45. The minimum absolute atomic E-state index is 0.309. The summed E-state index contributed by atoms with van der Waals surface area (Å²) in [7, 11) is -9.87. The molecule has 0 spiro atoms. The number of nitrogen functional groups attached to an aromatic ring is 1. The molecular weight excluding hydrogens is 508 g/mol. The fourth-order valence-electron chi connectivity index (χ4n) is 2.84. The second-order valence-electron chi connectivity index (χ2n) is 6.35. The fraction of sp³-hybridized carbons (Fsp3) is 0. The maximum atomic E-state index is 11.9. The molecule has 0 aromatic heterocycles. The number of anilines is 1. The van der Waals surface area contributed by atoms with Gasteiger partial charge in [0.1, 0.15) is 27.0 Å². The zero-order chi connectivity index (χ0) is 24.9. The molecule has 33 heavy (non-hydrogen) atoms. The van der Waals surface area contributed by atoms with Crippen molar-refractivity contribution in [3.05, 3.63) is 45.5 Å². The summed E-state index contributed by atoms with van der Waals surface area (Å²) in [6, 6.07) is 4.16. The topological polar surface area (TPSA) is 243 Å². The molecule has 0 atom stereocenters. The number of rotatable bonds is 5. The highest BCUT2D eigenvalue weighted by atomic mass is 35.5. The van der Waals surface area contributed by atoms with E-state index in [9.17, 15) is 46.3 Å². The fourth-order valence-corrected chi connectivity index (χ4v) is 4.27. The summed E-state index contributed by atoms with van der Waals surface area (Å²) in [6.45, 7) is 0. The number of phenolic OH excluding ortho intramolecular Hbond substituents is 2. The van der Waals surface area contributed by atoms with E-state index in [4.69, 9.17) is 17.3 Å². The Morgan fingerprint density at radius 3 is 2.18 bits per heavy atom. The molecule has 0 amide bonds. The van der Waals surface area contributed by atoms with Crippen LogP contribution in [0.25, 0.3) is 10.8 Å². The second-order valence-corrected chi connectivity index (χ2v) is 9.57. The summed E-state index contributed by atoms with van der Waals surface area (Å²) in [5.74, 6) is -1.79.